The van der Waals surface area contributed by atoms with Gasteiger partial charge in [0.25, 0.3) is 5.70 Å². The maximum atomic E-state index is 12.5. The minimum Gasteiger partial charge on any atom is -0.467 e. The Morgan fingerprint density at radius 1 is 1.30 bits per heavy atom. The highest BCUT2D eigenvalue weighted by Gasteiger charge is 2.24. The second kappa shape index (κ2) is 10.1. The molecule has 0 aromatic rings. The molecular formula is C20H21NO6. The van der Waals surface area contributed by atoms with E-state index in [0.717, 1.165) is 32.1 Å². The van der Waals surface area contributed by atoms with Gasteiger partial charge in [0.1, 0.15) is 24.6 Å². The van der Waals surface area contributed by atoms with E-state index in [1.807, 2.05) is 0 Å². The normalized spacial score (nSPS) is 18.4. The average molecular weight is 371 g/mol. The van der Waals surface area contributed by atoms with E-state index in [2.05, 4.69) is 16.9 Å². The van der Waals surface area contributed by atoms with Gasteiger partial charge in [-0.1, -0.05) is 6.42 Å². The molecule has 2 aliphatic rings. The van der Waals surface area contributed by atoms with Crippen LogP contribution < -0.4 is 0 Å². The van der Waals surface area contributed by atoms with Gasteiger partial charge in [0.2, 0.25) is 0 Å². The molecule has 27 heavy (non-hydrogen) atoms. The standard InChI is InChI=1S/C20H21NO6/c1-14(22)25-13-18-12-15(11-17(26-18)9-10-24-3)19(21-2)20(23)27-16-7-5-4-6-8-16/h11-12,16H,4-8,13H2,1,3H3. The number of carbonyl (C=O) groups is 2. The molecule has 0 aromatic heterocycles. The number of hydrogen-bond donors (Lipinski definition) is 0. The van der Waals surface area contributed by atoms with Gasteiger partial charge >= 0.3 is 11.9 Å². The third-order valence-corrected chi connectivity index (χ3v) is 3.94. The molecule has 0 radical (unpaired) electrons. The highest BCUT2D eigenvalue weighted by Crippen LogP contribution is 2.26. The van der Waals surface area contributed by atoms with Crippen LogP contribution in [-0.4, -0.2) is 31.8 Å². The highest BCUT2D eigenvalue weighted by molar-refractivity contribution is 5.93. The quantitative estimate of drug-likeness (QED) is 0.327. The van der Waals surface area contributed by atoms with Crippen LogP contribution in [-0.2, 0) is 28.5 Å². The minimum atomic E-state index is -0.674. The maximum Gasteiger partial charge on any atom is 0.337 e. The van der Waals surface area contributed by atoms with Crippen molar-refractivity contribution in [1.29, 1.82) is 0 Å². The third kappa shape index (κ3) is 6.23. The lowest BCUT2D eigenvalue weighted by Gasteiger charge is -2.22. The van der Waals surface area contributed by atoms with Gasteiger partial charge in [0.15, 0.2) is 5.76 Å². The van der Waals surface area contributed by atoms with Crippen molar-refractivity contribution in [3.8, 4) is 12.0 Å². The summed E-state index contributed by atoms with van der Waals surface area (Å²) < 4.78 is 20.6. The Labute approximate surface area is 158 Å². The molecule has 1 fully saturated rings. The SMILES string of the molecule is [C-]#[N+]C(C(=O)OC1CCCCC1)=C1C=C(C#COC)OC(COC(C)=O)=C1. The first-order valence-electron chi connectivity index (χ1n) is 8.63. The number of carbonyl (C=O) groups excluding carboxylic acids is 2. The van der Waals surface area contributed by atoms with Crippen LogP contribution in [0.2, 0.25) is 0 Å². The lowest BCUT2D eigenvalue weighted by atomic mass is 9.98. The van der Waals surface area contributed by atoms with E-state index in [9.17, 15) is 9.59 Å². The number of rotatable bonds is 4. The average Bonchev–Trinajstić information content (AvgIpc) is 2.66. The van der Waals surface area contributed by atoms with E-state index in [4.69, 9.17) is 25.5 Å². The van der Waals surface area contributed by atoms with Gasteiger partial charge in [-0.3, -0.25) is 9.59 Å². The second-order valence-electron chi connectivity index (χ2n) is 6.01. The molecule has 0 unspecified atom stereocenters. The van der Waals surface area contributed by atoms with Crippen LogP contribution in [0, 0.1) is 18.6 Å². The van der Waals surface area contributed by atoms with Crippen LogP contribution in [0.1, 0.15) is 39.0 Å². The number of hydrogen-bond acceptors (Lipinski definition) is 6. The second-order valence-corrected chi connectivity index (χ2v) is 6.01. The van der Waals surface area contributed by atoms with Gasteiger partial charge in [-0.25, -0.2) is 4.85 Å². The third-order valence-electron chi connectivity index (χ3n) is 3.94. The molecule has 7 nitrogen and oxygen atoms in total. The number of esters is 2. The van der Waals surface area contributed by atoms with E-state index in [1.54, 1.807) is 0 Å². The summed E-state index contributed by atoms with van der Waals surface area (Å²) in [5.41, 5.74) is 0.125. The Bertz CT molecular complexity index is 782. The van der Waals surface area contributed by atoms with Gasteiger partial charge in [-0.15, -0.1) is 0 Å². The van der Waals surface area contributed by atoms with Crippen molar-refractivity contribution < 1.29 is 28.5 Å². The first-order chi connectivity index (χ1) is 13.0. The first kappa shape index (κ1) is 20.1. The van der Waals surface area contributed by atoms with Gasteiger partial charge < -0.3 is 18.9 Å². The zero-order valence-electron chi connectivity index (χ0n) is 15.4. The zero-order chi connectivity index (χ0) is 19.6. The monoisotopic (exact) mass is 371 g/mol. The van der Waals surface area contributed by atoms with Crippen molar-refractivity contribution >= 4 is 11.9 Å². The van der Waals surface area contributed by atoms with Crippen LogP contribution in [0.3, 0.4) is 0 Å². The lowest BCUT2D eigenvalue weighted by molar-refractivity contribution is -0.145. The molecule has 1 heterocycles. The molecule has 0 saturated heterocycles. The molecule has 0 N–H and O–H groups in total. The van der Waals surface area contributed by atoms with Crippen LogP contribution in [0.15, 0.2) is 34.9 Å². The molecule has 2 rings (SSSR count). The van der Waals surface area contributed by atoms with Crippen molar-refractivity contribution in [3.05, 3.63) is 46.4 Å². The Balaban J connectivity index is 2.28. The highest BCUT2D eigenvalue weighted by atomic mass is 16.6. The van der Waals surface area contributed by atoms with Crippen molar-refractivity contribution in [1.82, 2.24) is 0 Å². The van der Waals surface area contributed by atoms with E-state index in [0.29, 0.717) is 5.57 Å². The van der Waals surface area contributed by atoms with Crippen LogP contribution in [0.25, 0.3) is 4.85 Å². The Morgan fingerprint density at radius 2 is 2.04 bits per heavy atom. The van der Waals surface area contributed by atoms with Crippen molar-refractivity contribution in [2.24, 2.45) is 0 Å². The van der Waals surface area contributed by atoms with Crippen LogP contribution in [0.4, 0.5) is 0 Å². The van der Waals surface area contributed by atoms with Crippen molar-refractivity contribution in [2.75, 3.05) is 13.7 Å². The number of nitrogens with zero attached hydrogens (tertiary/aromatic N) is 1. The predicted molar refractivity (Wildman–Crippen MR) is 95.3 cm³/mol. The molecule has 0 amide bonds. The first-order valence-corrected chi connectivity index (χ1v) is 8.63. The summed E-state index contributed by atoms with van der Waals surface area (Å²) in [5, 5.41) is 0. The summed E-state index contributed by atoms with van der Waals surface area (Å²) in [5.74, 6) is 1.87. The summed E-state index contributed by atoms with van der Waals surface area (Å²) in [4.78, 5) is 26.9. The van der Waals surface area contributed by atoms with Gasteiger partial charge in [-0.05, 0) is 43.4 Å². The van der Waals surface area contributed by atoms with E-state index in [1.165, 1.54) is 26.2 Å². The molecule has 0 bridgehead atoms. The summed E-state index contributed by atoms with van der Waals surface area (Å²) in [6.07, 6.45) is 9.92. The number of ether oxygens (including phenoxy) is 4. The molecule has 0 aromatic carbocycles. The van der Waals surface area contributed by atoms with Gasteiger partial charge in [-0.2, -0.15) is 0 Å². The molecule has 142 valence electrons. The molecule has 1 aliphatic carbocycles. The molecule has 1 saturated carbocycles. The van der Waals surface area contributed by atoms with E-state index < -0.39 is 11.9 Å². The summed E-state index contributed by atoms with van der Waals surface area (Å²) in [6.45, 7) is 8.53. The van der Waals surface area contributed by atoms with E-state index >= 15 is 0 Å². The van der Waals surface area contributed by atoms with Gasteiger partial charge in [0.05, 0.1) is 13.7 Å². The molecule has 7 heteroatoms. The molecule has 1 aliphatic heterocycles. The molecule has 0 spiro atoms. The lowest BCUT2D eigenvalue weighted by Crippen LogP contribution is -2.22. The summed E-state index contributed by atoms with van der Waals surface area (Å²) in [6, 6.07) is 0. The van der Waals surface area contributed by atoms with E-state index in [-0.39, 0.29) is 29.9 Å². The largest absolute Gasteiger partial charge is 0.467 e. The Kier molecular flexibility index (Phi) is 7.51. The minimum absolute atomic E-state index is 0.145. The molecular weight excluding hydrogens is 350 g/mol. The zero-order valence-corrected chi connectivity index (χ0v) is 15.4. The van der Waals surface area contributed by atoms with Crippen molar-refractivity contribution in [3.63, 3.8) is 0 Å². The Hall–Kier alpha value is -3.19. The Morgan fingerprint density at radius 3 is 2.67 bits per heavy atom. The number of methoxy groups -OCH3 is 1. The van der Waals surface area contributed by atoms with Crippen LogP contribution in [0.5, 0.6) is 0 Å². The fraction of sp³-hybridized carbons (Fsp3) is 0.450. The fourth-order valence-electron chi connectivity index (χ4n) is 2.72. The smallest absolute Gasteiger partial charge is 0.337 e. The summed E-state index contributed by atoms with van der Waals surface area (Å²) >= 11 is 0. The van der Waals surface area contributed by atoms with Crippen molar-refractivity contribution in [2.45, 2.75) is 45.1 Å². The number of allylic oxidation sites excluding steroid dienone is 4. The topological polar surface area (TPSA) is 75.4 Å². The fourth-order valence-corrected chi connectivity index (χ4v) is 2.72. The molecule has 0 atom stereocenters. The summed E-state index contributed by atoms with van der Waals surface area (Å²) in [7, 11) is 1.40. The predicted octanol–water partition coefficient (Wildman–Crippen LogP) is 3.00. The van der Waals surface area contributed by atoms with Crippen LogP contribution >= 0.6 is 0 Å². The maximum absolute atomic E-state index is 12.5. The van der Waals surface area contributed by atoms with Gasteiger partial charge in [0, 0.05) is 12.8 Å².